The lowest BCUT2D eigenvalue weighted by molar-refractivity contribution is 0.0382. The van der Waals surface area contributed by atoms with Crippen LogP contribution in [0.2, 0.25) is 0 Å². The molecule has 0 atom stereocenters. The molecule has 33 heavy (non-hydrogen) atoms. The van der Waals surface area contributed by atoms with Gasteiger partial charge in [-0.05, 0) is 61.8 Å². The van der Waals surface area contributed by atoms with Gasteiger partial charge in [0, 0.05) is 17.2 Å². The number of aromatic hydroxyl groups is 1. The maximum atomic E-state index is 14.9. The summed E-state index contributed by atoms with van der Waals surface area (Å²) in [4.78, 5) is 0. The minimum absolute atomic E-state index is 0.0430. The molecule has 1 fully saturated rings. The van der Waals surface area contributed by atoms with Crippen molar-refractivity contribution in [2.75, 3.05) is 13.2 Å². The lowest BCUT2D eigenvalue weighted by Gasteiger charge is -2.29. The molecule has 2 aromatic carbocycles. The van der Waals surface area contributed by atoms with Gasteiger partial charge in [0.25, 0.3) is 0 Å². The summed E-state index contributed by atoms with van der Waals surface area (Å²) in [7, 11) is 0. The normalized spacial score (nSPS) is 18.7. The highest BCUT2D eigenvalue weighted by atomic mass is 19.2. The Labute approximate surface area is 192 Å². The van der Waals surface area contributed by atoms with E-state index >= 15 is 0 Å². The highest BCUT2D eigenvalue weighted by molar-refractivity contribution is 5.65. The van der Waals surface area contributed by atoms with E-state index in [1.807, 2.05) is 0 Å². The summed E-state index contributed by atoms with van der Waals surface area (Å²) in [5.74, 6) is -2.07. The molecule has 0 aromatic heterocycles. The fourth-order valence-corrected chi connectivity index (χ4v) is 4.04. The predicted molar refractivity (Wildman–Crippen MR) is 124 cm³/mol. The van der Waals surface area contributed by atoms with Crippen LogP contribution < -0.4 is 0 Å². The van der Waals surface area contributed by atoms with E-state index in [4.69, 9.17) is 9.47 Å². The number of hydrogen-bond acceptors (Lipinski definition) is 3. The molecule has 1 N–H and O–H groups in total. The molecule has 3 rings (SSSR count). The van der Waals surface area contributed by atoms with E-state index < -0.39 is 17.5 Å². The molecule has 0 spiro atoms. The zero-order valence-corrected chi connectivity index (χ0v) is 18.8. The molecular formula is C27H29F3O3. The third-order valence-corrected chi connectivity index (χ3v) is 5.85. The molecule has 6 heteroatoms. The first kappa shape index (κ1) is 24.6. The molecule has 3 nitrogen and oxygen atoms in total. The number of halogens is 3. The first-order valence-corrected chi connectivity index (χ1v) is 11.1. The Morgan fingerprint density at radius 3 is 2.33 bits per heavy atom. The van der Waals surface area contributed by atoms with E-state index in [1.54, 1.807) is 31.2 Å². The summed E-state index contributed by atoms with van der Waals surface area (Å²) in [6.45, 7) is 9.54. The number of phenols is 1. The molecule has 176 valence electrons. The molecule has 2 aromatic rings. The van der Waals surface area contributed by atoms with Crippen molar-refractivity contribution >= 4 is 0 Å². The molecule has 1 saturated carbocycles. The van der Waals surface area contributed by atoms with Crippen LogP contribution in [0.4, 0.5) is 13.2 Å². The summed E-state index contributed by atoms with van der Waals surface area (Å²) in [5, 5.41) is 9.40. The number of benzene rings is 2. The smallest absolute Gasteiger partial charge is 0.166 e. The number of rotatable bonds is 9. The van der Waals surface area contributed by atoms with Gasteiger partial charge in [0.1, 0.15) is 17.3 Å². The average molecular weight is 459 g/mol. The second kappa shape index (κ2) is 11.2. The van der Waals surface area contributed by atoms with Gasteiger partial charge in [-0.25, -0.2) is 13.2 Å². The Bertz CT molecular complexity index is 1020. The minimum atomic E-state index is -0.885. The lowest BCUT2D eigenvalue weighted by atomic mass is 9.82. The third kappa shape index (κ3) is 6.29. The lowest BCUT2D eigenvalue weighted by Crippen LogP contribution is -2.22. The van der Waals surface area contributed by atoms with Gasteiger partial charge in [-0.2, -0.15) is 0 Å². The van der Waals surface area contributed by atoms with Crippen molar-refractivity contribution in [2.45, 2.75) is 44.6 Å². The van der Waals surface area contributed by atoms with E-state index in [1.165, 1.54) is 18.2 Å². The molecule has 0 radical (unpaired) electrons. The summed E-state index contributed by atoms with van der Waals surface area (Å²) < 4.78 is 54.7. The molecule has 1 aliphatic rings. The van der Waals surface area contributed by atoms with Crippen molar-refractivity contribution in [2.24, 2.45) is 0 Å². The molecule has 0 bridgehead atoms. The second-order valence-corrected chi connectivity index (χ2v) is 8.16. The maximum absolute atomic E-state index is 14.9. The summed E-state index contributed by atoms with van der Waals surface area (Å²) in [6, 6.07) is 9.20. The number of hydrogen-bond donors (Lipinski definition) is 1. The summed E-state index contributed by atoms with van der Waals surface area (Å²) in [5.41, 5.74) is 1.23. The molecular weight excluding hydrogens is 429 g/mol. The van der Waals surface area contributed by atoms with Crippen LogP contribution in [0.15, 0.2) is 72.8 Å². The van der Waals surface area contributed by atoms with E-state index in [-0.39, 0.29) is 41.3 Å². The maximum Gasteiger partial charge on any atom is 0.166 e. The van der Waals surface area contributed by atoms with Crippen LogP contribution in [-0.2, 0) is 9.47 Å². The van der Waals surface area contributed by atoms with Crippen molar-refractivity contribution < 1.29 is 27.8 Å². The van der Waals surface area contributed by atoms with Crippen molar-refractivity contribution in [1.82, 2.24) is 0 Å². The summed E-state index contributed by atoms with van der Waals surface area (Å²) in [6.07, 6.45) is 3.71. The predicted octanol–water partition coefficient (Wildman–Crippen LogP) is 7.34. The quantitative estimate of drug-likeness (QED) is 0.316. The number of ether oxygens (including phenoxy) is 2. The van der Waals surface area contributed by atoms with Crippen LogP contribution in [0.5, 0.6) is 5.75 Å². The van der Waals surface area contributed by atoms with Crippen LogP contribution in [0.3, 0.4) is 0 Å². The van der Waals surface area contributed by atoms with Gasteiger partial charge in [0.15, 0.2) is 11.6 Å². The minimum Gasteiger partial charge on any atom is -0.508 e. The fourth-order valence-electron chi connectivity index (χ4n) is 4.04. The van der Waals surface area contributed by atoms with Gasteiger partial charge >= 0.3 is 0 Å². The SMILES string of the molecule is C=C(/C=C(/F)C(=C)COC1CCC(c2ccc(-c3ccc(O)cc3)c(F)c2F)CC1)OCC. The average Bonchev–Trinajstić information content (AvgIpc) is 2.80. The largest absolute Gasteiger partial charge is 0.508 e. The van der Waals surface area contributed by atoms with Crippen molar-refractivity contribution in [3.8, 4) is 16.9 Å². The monoisotopic (exact) mass is 458 g/mol. The topological polar surface area (TPSA) is 38.7 Å². The zero-order valence-electron chi connectivity index (χ0n) is 18.8. The zero-order chi connectivity index (χ0) is 24.0. The first-order chi connectivity index (χ1) is 15.8. The van der Waals surface area contributed by atoms with Gasteiger partial charge < -0.3 is 14.6 Å². The Hall–Kier alpha value is -2.99. The number of allylic oxidation sites excluding steroid dienone is 1. The standard InChI is InChI=1S/C27H29F3O3/c1-4-32-18(3)15-25(28)17(2)16-33-22-11-7-20(8-12-22)24-14-13-23(26(29)27(24)30)19-5-9-21(31)10-6-19/h5-6,9-10,13-15,20,22,31H,2-4,7-8,11-12,16H2,1H3/b25-15+. The molecule has 0 heterocycles. The molecule has 0 amide bonds. The fraction of sp³-hybridized carbons (Fsp3) is 0.333. The van der Waals surface area contributed by atoms with Crippen LogP contribution >= 0.6 is 0 Å². The first-order valence-electron chi connectivity index (χ1n) is 11.1. The van der Waals surface area contributed by atoms with E-state index in [2.05, 4.69) is 13.2 Å². The van der Waals surface area contributed by atoms with Gasteiger partial charge in [-0.15, -0.1) is 0 Å². The van der Waals surface area contributed by atoms with Gasteiger partial charge in [-0.3, -0.25) is 0 Å². The van der Waals surface area contributed by atoms with E-state index in [0.717, 1.165) is 0 Å². The molecule has 0 aliphatic heterocycles. The van der Waals surface area contributed by atoms with Gasteiger partial charge in [0.05, 0.1) is 19.3 Å². The molecule has 0 unspecified atom stereocenters. The van der Waals surface area contributed by atoms with Crippen LogP contribution in [-0.4, -0.2) is 24.4 Å². The Morgan fingerprint density at radius 1 is 1.03 bits per heavy atom. The van der Waals surface area contributed by atoms with Crippen LogP contribution in [0.1, 0.15) is 44.1 Å². The highest BCUT2D eigenvalue weighted by Gasteiger charge is 2.27. The van der Waals surface area contributed by atoms with E-state index in [0.29, 0.717) is 43.4 Å². The van der Waals surface area contributed by atoms with Crippen molar-refractivity contribution in [1.29, 1.82) is 0 Å². The summed E-state index contributed by atoms with van der Waals surface area (Å²) >= 11 is 0. The van der Waals surface area contributed by atoms with Gasteiger partial charge in [-0.1, -0.05) is 37.4 Å². The van der Waals surface area contributed by atoms with Crippen molar-refractivity contribution in [3.05, 3.63) is 90.0 Å². The Kier molecular flexibility index (Phi) is 8.39. The van der Waals surface area contributed by atoms with E-state index in [9.17, 15) is 18.3 Å². The number of phenolic OH excluding ortho intramolecular Hbond substituents is 1. The van der Waals surface area contributed by atoms with Crippen LogP contribution in [0.25, 0.3) is 11.1 Å². The Morgan fingerprint density at radius 2 is 1.70 bits per heavy atom. The third-order valence-electron chi connectivity index (χ3n) is 5.85. The Balaban J connectivity index is 1.56. The molecule has 0 saturated heterocycles. The second-order valence-electron chi connectivity index (χ2n) is 8.16. The van der Waals surface area contributed by atoms with Gasteiger partial charge in [0.2, 0.25) is 0 Å². The van der Waals surface area contributed by atoms with Crippen molar-refractivity contribution in [3.63, 3.8) is 0 Å². The highest BCUT2D eigenvalue weighted by Crippen LogP contribution is 2.38. The molecule has 1 aliphatic carbocycles. The van der Waals surface area contributed by atoms with Crippen LogP contribution in [0, 0.1) is 11.6 Å².